The maximum atomic E-state index is 4.75. The first-order valence-corrected chi connectivity index (χ1v) is 8.53. The lowest BCUT2D eigenvalue weighted by molar-refractivity contribution is 0.371. The van der Waals surface area contributed by atoms with Crippen molar-refractivity contribution in [3.63, 3.8) is 0 Å². The summed E-state index contributed by atoms with van der Waals surface area (Å²) in [5.74, 6) is 2.04. The largest absolute Gasteiger partial charge is 0.357 e. The predicted molar refractivity (Wildman–Crippen MR) is 96.2 cm³/mol. The lowest BCUT2D eigenvalue weighted by Gasteiger charge is -2.37. The van der Waals surface area contributed by atoms with Crippen LogP contribution in [0, 0.1) is 0 Å². The number of anilines is 1. The maximum Gasteiger partial charge on any atom is 0.194 e. The Hall–Kier alpha value is -2.57. The zero-order valence-electron chi connectivity index (χ0n) is 14.2. The van der Waals surface area contributed by atoms with E-state index in [2.05, 4.69) is 38.2 Å². The molecule has 0 spiro atoms. The van der Waals surface area contributed by atoms with Crippen molar-refractivity contribution in [3.8, 4) is 0 Å². The first kappa shape index (κ1) is 16.3. The van der Waals surface area contributed by atoms with E-state index in [9.17, 15) is 0 Å². The highest BCUT2D eigenvalue weighted by atomic mass is 15.4. The van der Waals surface area contributed by atoms with Gasteiger partial charge >= 0.3 is 0 Å². The van der Waals surface area contributed by atoms with E-state index >= 15 is 0 Å². The Morgan fingerprint density at radius 2 is 2.04 bits per heavy atom. The molecular weight excluding hydrogens is 302 g/mol. The number of nitrogens with one attached hydrogen (secondary N) is 1. The van der Waals surface area contributed by atoms with Gasteiger partial charge in [0.05, 0.1) is 13.1 Å². The second-order valence-electron chi connectivity index (χ2n) is 5.67. The average molecular weight is 327 g/mol. The van der Waals surface area contributed by atoms with Crippen molar-refractivity contribution in [2.75, 3.05) is 44.2 Å². The number of guanidine groups is 1. The van der Waals surface area contributed by atoms with Gasteiger partial charge in [-0.1, -0.05) is 6.07 Å². The number of nitrogens with zero attached hydrogens (tertiary/aromatic N) is 6. The molecule has 7 nitrogen and oxygen atoms in total. The summed E-state index contributed by atoms with van der Waals surface area (Å²) >= 11 is 0. The van der Waals surface area contributed by atoms with Gasteiger partial charge in [0.15, 0.2) is 5.96 Å². The van der Waals surface area contributed by atoms with Gasteiger partial charge < -0.3 is 15.1 Å². The molecule has 0 aromatic carbocycles. The van der Waals surface area contributed by atoms with Crippen LogP contribution in [0.15, 0.2) is 47.8 Å². The Balaban J connectivity index is 1.55. The van der Waals surface area contributed by atoms with Crippen molar-refractivity contribution >= 4 is 11.8 Å². The molecule has 7 heteroatoms. The molecular formula is C17H25N7. The summed E-state index contributed by atoms with van der Waals surface area (Å²) < 4.78 is 1.91. The van der Waals surface area contributed by atoms with Gasteiger partial charge in [-0.15, -0.1) is 0 Å². The van der Waals surface area contributed by atoms with Crippen LogP contribution in [0.1, 0.15) is 6.92 Å². The molecule has 2 aromatic rings. The number of aliphatic imine (C=N–C) groups is 1. The summed E-state index contributed by atoms with van der Waals surface area (Å²) in [5, 5.41) is 7.61. The molecule has 0 atom stereocenters. The lowest BCUT2D eigenvalue weighted by Crippen LogP contribution is -2.52. The molecule has 128 valence electrons. The molecule has 24 heavy (non-hydrogen) atoms. The van der Waals surface area contributed by atoms with E-state index in [1.807, 2.05) is 35.3 Å². The van der Waals surface area contributed by atoms with Crippen LogP contribution in [0.4, 0.5) is 5.82 Å². The summed E-state index contributed by atoms with van der Waals surface area (Å²) in [6.07, 6.45) is 5.61. The van der Waals surface area contributed by atoms with Gasteiger partial charge in [0.1, 0.15) is 5.82 Å². The second kappa shape index (κ2) is 8.33. The quantitative estimate of drug-likeness (QED) is 0.657. The fourth-order valence-corrected chi connectivity index (χ4v) is 2.81. The molecule has 3 rings (SSSR count). The number of pyridine rings is 1. The normalized spacial score (nSPS) is 15.6. The highest BCUT2D eigenvalue weighted by Crippen LogP contribution is 2.12. The Kier molecular flexibility index (Phi) is 5.65. The van der Waals surface area contributed by atoms with Crippen LogP contribution >= 0.6 is 0 Å². The highest BCUT2D eigenvalue weighted by molar-refractivity contribution is 5.80. The third-order valence-electron chi connectivity index (χ3n) is 4.04. The number of aromatic nitrogens is 3. The summed E-state index contributed by atoms with van der Waals surface area (Å²) in [5.41, 5.74) is 0. The second-order valence-corrected chi connectivity index (χ2v) is 5.67. The van der Waals surface area contributed by atoms with Crippen LogP contribution < -0.4 is 10.2 Å². The summed E-state index contributed by atoms with van der Waals surface area (Å²) in [6.45, 7) is 8.32. The third-order valence-corrected chi connectivity index (χ3v) is 4.04. The van der Waals surface area contributed by atoms with Gasteiger partial charge in [-0.3, -0.25) is 9.67 Å². The molecule has 3 heterocycles. The smallest absolute Gasteiger partial charge is 0.194 e. The van der Waals surface area contributed by atoms with Gasteiger partial charge in [0.2, 0.25) is 0 Å². The lowest BCUT2D eigenvalue weighted by atomic mass is 10.3. The van der Waals surface area contributed by atoms with E-state index in [1.165, 1.54) is 0 Å². The number of rotatable bonds is 5. The molecule has 0 amide bonds. The molecule has 0 bridgehead atoms. The van der Waals surface area contributed by atoms with Crippen LogP contribution in [0.25, 0.3) is 0 Å². The molecule has 1 saturated heterocycles. The van der Waals surface area contributed by atoms with E-state index in [1.54, 1.807) is 6.20 Å². The number of piperazine rings is 1. The summed E-state index contributed by atoms with van der Waals surface area (Å²) in [6, 6.07) is 8.00. The van der Waals surface area contributed by atoms with Crippen molar-refractivity contribution in [2.45, 2.75) is 13.5 Å². The van der Waals surface area contributed by atoms with Crippen LogP contribution in [-0.4, -0.2) is 64.9 Å². The predicted octanol–water partition coefficient (Wildman–Crippen LogP) is 1.07. The minimum Gasteiger partial charge on any atom is -0.357 e. The Morgan fingerprint density at radius 3 is 2.71 bits per heavy atom. The maximum absolute atomic E-state index is 4.75. The van der Waals surface area contributed by atoms with Gasteiger partial charge in [-0.25, -0.2) is 4.98 Å². The van der Waals surface area contributed by atoms with Crippen LogP contribution in [-0.2, 0) is 6.54 Å². The molecule has 1 aliphatic heterocycles. The number of hydrogen-bond donors (Lipinski definition) is 1. The molecule has 1 N–H and O–H groups in total. The molecule has 0 saturated carbocycles. The monoisotopic (exact) mass is 327 g/mol. The zero-order valence-corrected chi connectivity index (χ0v) is 14.2. The van der Waals surface area contributed by atoms with Crippen molar-refractivity contribution in [3.05, 3.63) is 42.9 Å². The Bertz CT molecular complexity index is 616. The summed E-state index contributed by atoms with van der Waals surface area (Å²) in [7, 11) is 0. The van der Waals surface area contributed by atoms with E-state index < -0.39 is 0 Å². The number of hydrogen-bond acceptors (Lipinski definition) is 4. The van der Waals surface area contributed by atoms with Gasteiger partial charge in [0.25, 0.3) is 0 Å². The van der Waals surface area contributed by atoms with E-state index in [0.717, 1.165) is 57.6 Å². The SMILES string of the molecule is CCNC(=NCCn1cccn1)N1CCN(c2ccccn2)CC1. The standard InChI is InChI=1S/C17H25N7/c1-2-18-17(20-9-11-24-10-5-8-21-24)23-14-12-22(13-15-23)16-6-3-4-7-19-16/h3-8,10H,2,9,11-15H2,1H3,(H,18,20). The van der Waals surface area contributed by atoms with Crippen LogP contribution in [0.2, 0.25) is 0 Å². The fourth-order valence-electron chi connectivity index (χ4n) is 2.81. The Labute approximate surface area is 143 Å². The molecule has 2 aromatic heterocycles. The van der Waals surface area contributed by atoms with E-state index in [4.69, 9.17) is 4.99 Å². The topological polar surface area (TPSA) is 61.6 Å². The summed E-state index contributed by atoms with van der Waals surface area (Å²) in [4.78, 5) is 13.8. The van der Waals surface area contributed by atoms with Crippen molar-refractivity contribution in [2.24, 2.45) is 4.99 Å². The van der Waals surface area contributed by atoms with Crippen LogP contribution in [0.3, 0.4) is 0 Å². The van der Waals surface area contributed by atoms with Crippen molar-refractivity contribution in [1.29, 1.82) is 0 Å². The first-order valence-electron chi connectivity index (χ1n) is 8.53. The van der Waals surface area contributed by atoms with Crippen molar-refractivity contribution in [1.82, 2.24) is 25.0 Å². The molecule has 1 aliphatic rings. The minimum absolute atomic E-state index is 0.727. The van der Waals surface area contributed by atoms with Crippen molar-refractivity contribution < 1.29 is 0 Å². The minimum atomic E-state index is 0.727. The molecule has 1 fully saturated rings. The first-order chi connectivity index (χ1) is 11.9. The van der Waals surface area contributed by atoms with Crippen LogP contribution in [0.5, 0.6) is 0 Å². The van der Waals surface area contributed by atoms with Gasteiger partial charge in [-0.05, 0) is 25.1 Å². The zero-order chi connectivity index (χ0) is 16.6. The van der Waals surface area contributed by atoms with Gasteiger partial charge in [0, 0.05) is 51.3 Å². The third kappa shape index (κ3) is 4.24. The Morgan fingerprint density at radius 1 is 1.17 bits per heavy atom. The van der Waals surface area contributed by atoms with E-state index in [-0.39, 0.29) is 0 Å². The highest BCUT2D eigenvalue weighted by Gasteiger charge is 2.20. The molecule has 0 radical (unpaired) electrons. The van der Waals surface area contributed by atoms with Gasteiger partial charge in [-0.2, -0.15) is 5.10 Å². The average Bonchev–Trinajstić information content (AvgIpc) is 3.15. The molecule has 0 aliphatic carbocycles. The molecule has 0 unspecified atom stereocenters. The van der Waals surface area contributed by atoms with E-state index in [0.29, 0.717) is 0 Å². The fraction of sp³-hybridized carbons (Fsp3) is 0.471.